The monoisotopic (exact) mass is 449 g/mol. The van der Waals surface area contributed by atoms with Gasteiger partial charge in [-0.3, -0.25) is 10.2 Å². The lowest BCUT2D eigenvalue weighted by Gasteiger charge is -2.37. The van der Waals surface area contributed by atoms with Gasteiger partial charge in [0.15, 0.2) is 0 Å². The molecule has 0 aromatic carbocycles. The van der Waals surface area contributed by atoms with Gasteiger partial charge in [-0.05, 0) is 25.0 Å². The summed E-state index contributed by atoms with van der Waals surface area (Å²) in [5.41, 5.74) is 5.20. The van der Waals surface area contributed by atoms with Gasteiger partial charge in [-0.1, -0.05) is 0 Å². The number of carbonyl (C=O) groups excluding carboxylic acids is 1. The average molecular weight is 449 g/mol. The Morgan fingerprint density at radius 2 is 1.97 bits per heavy atom. The molecule has 13 heteroatoms. The zero-order valence-electron chi connectivity index (χ0n) is 16.0. The maximum absolute atomic E-state index is 13.5. The summed E-state index contributed by atoms with van der Waals surface area (Å²) in [4.78, 5) is 17.4. The van der Waals surface area contributed by atoms with Crippen LogP contribution in [0.3, 0.4) is 0 Å². The number of nitrogens with zero attached hydrogens (tertiary/aromatic N) is 2. The van der Waals surface area contributed by atoms with Gasteiger partial charge in [0.25, 0.3) is 5.91 Å². The second-order valence-electron chi connectivity index (χ2n) is 7.19. The molecule has 0 radical (unpaired) electrons. The third-order valence-electron chi connectivity index (χ3n) is 5.28. The van der Waals surface area contributed by atoms with Gasteiger partial charge in [-0.15, -0.1) is 0 Å². The van der Waals surface area contributed by atoms with E-state index in [1.54, 1.807) is 0 Å². The molecule has 3 heterocycles. The number of aliphatic hydroxyl groups excluding tert-OH is 1. The number of nitrogens with two attached hydrogens (primary N) is 1. The number of nitrogens with one attached hydrogen (secondary N) is 2. The lowest BCUT2D eigenvalue weighted by Crippen LogP contribution is -2.56. The average Bonchev–Trinajstić information content (AvgIpc) is 2.69. The van der Waals surface area contributed by atoms with Crippen LogP contribution in [-0.4, -0.2) is 53.8 Å². The number of carbonyl (C=O) groups is 1. The van der Waals surface area contributed by atoms with Crippen molar-refractivity contribution in [2.75, 3.05) is 18.0 Å². The Balaban J connectivity index is 1.75. The van der Waals surface area contributed by atoms with Crippen molar-refractivity contribution in [1.82, 2.24) is 10.3 Å². The Kier molecular flexibility index (Phi) is 6.34. The number of amides is 1. The molecule has 0 spiro atoms. The molecular formula is C18H20F5N5O3. The number of aliphatic hydroxyl groups is 1. The van der Waals surface area contributed by atoms with Crippen LogP contribution >= 0.6 is 0 Å². The highest BCUT2D eigenvalue weighted by Gasteiger charge is 2.54. The Morgan fingerprint density at radius 1 is 1.32 bits per heavy atom. The van der Waals surface area contributed by atoms with Gasteiger partial charge in [0.2, 0.25) is 0 Å². The molecule has 0 saturated carbocycles. The van der Waals surface area contributed by atoms with Crippen LogP contribution < -0.4 is 20.7 Å². The number of hydrogen-bond donors (Lipinski definition) is 4. The summed E-state index contributed by atoms with van der Waals surface area (Å²) in [6, 6.07) is 2.82. The largest absolute Gasteiger partial charge is 0.433 e. The number of allylic oxidation sites excluding steroid dienone is 1. The van der Waals surface area contributed by atoms with E-state index in [-0.39, 0.29) is 11.4 Å². The molecular weight excluding hydrogens is 429 g/mol. The smallest absolute Gasteiger partial charge is 0.398 e. The van der Waals surface area contributed by atoms with Crippen molar-refractivity contribution in [2.24, 2.45) is 17.6 Å². The fourth-order valence-electron chi connectivity index (χ4n) is 3.77. The van der Waals surface area contributed by atoms with Crippen molar-refractivity contribution in [3.63, 3.8) is 0 Å². The van der Waals surface area contributed by atoms with Crippen molar-refractivity contribution < 1.29 is 36.6 Å². The zero-order valence-corrected chi connectivity index (χ0v) is 16.0. The fraction of sp³-hybridized carbons (Fsp3) is 0.500. The summed E-state index contributed by atoms with van der Waals surface area (Å²) in [7, 11) is 0. The molecule has 2 saturated heterocycles. The summed E-state index contributed by atoms with van der Waals surface area (Å²) in [6.07, 6.45) is -5.55. The molecule has 1 aromatic rings. The van der Waals surface area contributed by atoms with Crippen LogP contribution in [0.5, 0.6) is 5.75 Å². The topological polar surface area (TPSA) is 125 Å². The molecule has 0 aliphatic carbocycles. The number of halogens is 5. The number of hydrogen-bond acceptors (Lipinski definition) is 7. The van der Waals surface area contributed by atoms with Crippen LogP contribution in [0.1, 0.15) is 12.8 Å². The third kappa shape index (κ3) is 4.86. The molecule has 2 fully saturated rings. The lowest BCUT2D eigenvalue weighted by atomic mass is 9.81. The molecule has 2 aliphatic heterocycles. The highest BCUT2D eigenvalue weighted by Crippen LogP contribution is 2.40. The second-order valence-corrected chi connectivity index (χ2v) is 7.19. The Hall–Kier alpha value is -2.96. The number of alkyl halides is 5. The SMILES string of the molecule is N=C1NC(=O)[C@@H](O)[C@@H](C(F)(F)F)C1=C(N)C1CCN(c2ccc(OC(F)F)cn2)CC1. The first-order chi connectivity index (χ1) is 14.5. The van der Waals surface area contributed by atoms with Crippen LogP contribution in [0.15, 0.2) is 29.6 Å². The van der Waals surface area contributed by atoms with E-state index in [1.807, 2.05) is 10.2 Å². The number of pyridine rings is 1. The molecule has 170 valence electrons. The summed E-state index contributed by atoms with van der Waals surface area (Å²) in [5.74, 6) is -4.78. The molecule has 1 aromatic heterocycles. The Labute approximate surface area is 173 Å². The van der Waals surface area contributed by atoms with Gasteiger partial charge in [-0.25, -0.2) is 4.98 Å². The van der Waals surface area contributed by atoms with E-state index in [1.165, 1.54) is 12.1 Å². The van der Waals surface area contributed by atoms with Gasteiger partial charge < -0.3 is 25.8 Å². The third-order valence-corrected chi connectivity index (χ3v) is 5.28. The zero-order chi connectivity index (χ0) is 22.9. The van der Waals surface area contributed by atoms with E-state index in [0.717, 1.165) is 6.20 Å². The minimum atomic E-state index is -4.96. The summed E-state index contributed by atoms with van der Waals surface area (Å²) < 4.78 is 69.2. The molecule has 2 aliphatic rings. The predicted octanol–water partition coefficient (Wildman–Crippen LogP) is 1.76. The fourth-order valence-corrected chi connectivity index (χ4v) is 3.77. The Morgan fingerprint density at radius 3 is 2.48 bits per heavy atom. The summed E-state index contributed by atoms with van der Waals surface area (Å²) >= 11 is 0. The number of piperidine rings is 2. The van der Waals surface area contributed by atoms with Crippen LogP contribution in [0, 0.1) is 17.2 Å². The van der Waals surface area contributed by atoms with Crippen LogP contribution in [0.2, 0.25) is 0 Å². The van der Waals surface area contributed by atoms with Gasteiger partial charge in [0.05, 0.1) is 6.20 Å². The number of rotatable bonds is 4. The molecule has 1 amide bonds. The minimum Gasteiger partial charge on any atom is -0.433 e. The van der Waals surface area contributed by atoms with Gasteiger partial charge >= 0.3 is 12.8 Å². The van der Waals surface area contributed by atoms with Gasteiger partial charge in [0.1, 0.15) is 29.4 Å². The van der Waals surface area contributed by atoms with Crippen molar-refractivity contribution in [3.8, 4) is 5.75 Å². The number of ether oxygens (including phenoxy) is 1. The van der Waals surface area contributed by atoms with Crippen molar-refractivity contribution in [3.05, 3.63) is 29.6 Å². The molecule has 5 N–H and O–H groups in total. The Bertz CT molecular complexity index is 866. The van der Waals surface area contributed by atoms with Crippen LogP contribution in [0.25, 0.3) is 0 Å². The first kappa shape index (κ1) is 22.7. The number of amidine groups is 1. The second kappa shape index (κ2) is 8.65. The predicted molar refractivity (Wildman–Crippen MR) is 98.4 cm³/mol. The van der Waals surface area contributed by atoms with E-state index in [0.29, 0.717) is 31.7 Å². The molecule has 3 rings (SSSR count). The van der Waals surface area contributed by atoms with Crippen LogP contribution in [-0.2, 0) is 4.79 Å². The first-order valence-electron chi connectivity index (χ1n) is 9.29. The minimum absolute atomic E-state index is 0.0998. The quantitative estimate of drug-likeness (QED) is 0.520. The normalized spacial score (nSPS) is 24.9. The highest BCUT2D eigenvalue weighted by atomic mass is 19.4. The van der Waals surface area contributed by atoms with E-state index in [2.05, 4.69) is 9.72 Å². The first-order valence-corrected chi connectivity index (χ1v) is 9.29. The molecule has 0 bridgehead atoms. The molecule has 2 atom stereocenters. The van der Waals surface area contributed by atoms with Gasteiger partial charge in [0, 0.05) is 30.3 Å². The standard InChI is InChI=1S/C18H20F5N5O3/c19-17(20)31-9-1-2-10(26-7-9)28-5-3-8(4-6-28)13(24)11-12(18(21,22)23)14(29)16(30)27-15(11)25/h1-2,7-8,12,14,17,29H,3-6,24H2,(H2,25,27,30)/t12-,14-/m0/s1. The highest BCUT2D eigenvalue weighted by molar-refractivity contribution is 6.11. The summed E-state index contributed by atoms with van der Waals surface area (Å²) in [6.45, 7) is -2.25. The van der Waals surface area contributed by atoms with E-state index in [4.69, 9.17) is 11.1 Å². The number of anilines is 1. The van der Waals surface area contributed by atoms with Crippen molar-refractivity contribution in [1.29, 1.82) is 5.41 Å². The molecule has 0 unspecified atom stereocenters. The van der Waals surface area contributed by atoms with E-state index < -0.39 is 48.0 Å². The maximum atomic E-state index is 13.5. The van der Waals surface area contributed by atoms with E-state index in [9.17, 15) is 31.9 Å². The lowest BCUT2D eigenvalue weighted by molar-refractivity contribution is -0.191. The van der Waals surface area contributed by atoms with Gasteiger partial charge in [-0.2, -0.15) is 22.0 Å². The van der Waals surface area contributed by atoms with Crippen LogP contribution in [0.4, 0.5) is 27.8 Å². The van der Waals surface area contributed by atoms with E-state index >= 15 is 0 Å². The molecule has 31 heavy (non-hydrogen) atoms. The molecule has 8 nitrogen and oxygen atoms in total. The number of aromatic nitrogens is 1. The maximum Gasteiger partial charge on any atom is 0.398 e. The summed E-state index contributed by atoms with van der Waals surface area (Å²) in [5, 5.41) is 19.5. The van der Waals surface area contributed by atoms with Crippen molar-refractivity contribution >= 4 is 17.6 Å². The van der Waals surface area contributed by atoms with Crippen molar-refractivity contribution in [2.45, 2.75) is 31.7 Å².